The van der Waals surface area contributed by atoms with Gasteiger partial charge in [0.05, 0.1) is 0 Å². The number of rotatable bonds is 11. The lowest BCUT2D eigenvalue weighted by Gasteiger charge is -2.17. The van der Waals surface area contributed by atoms with E-state index in [-0.39, 0.29) is 11.7 Å². The predicted molar refractivity (Wildman–Crippen MR) is 148 cm³/mol. The van der Waals surface area contributed by atoms with Gasteiger partial charge in [0.15, 0.2) is 0 Å². The first-order valence-electron chi connectivity index (χ1n) is 12.3. The highest BCUT2D eigenvalue weighted by molar-refractivity contribution is 5.98. The third kappa shape index (κ3) is 7.59. The van der Waals surface area contributed by atoms with E-state index >= 15 is 0 Å². The lowest BCUT2D eigenvalue weighted by Crippen LogP contribution is -2.25. The van der Waals surface area contributed by atoms with Crippen LogP contribution < -0.4 is 4.74 Å². The normalized spacial score (nSPS) is 12.0. The minimum absolute atomic E-state index is 0.0149. The van der Waals surface area contributed by atoms with Crippen molar-refractivity contribution in [3.05, 3.63) is 108 Å². The summed E-state index contributed by atoms with van der Waals surface area (Å²) in [5.74, 6) is 1.05. The second-order valence-electron chi connectivity index (χ2n) is 8.89. The van der Waals surface area contributed by atoms with E-state index in [9.17, 15) is 9.90 Å². The highest BCUT2D eigenvalue weighted by Gasteiger charge is 2.13. The summed E-state index contributed by atoms with van der Waals surface area (Å²) in [6.07, 6.45) is 4.33. The van der Waals surface area contributed by atoms with E-state index in [0.717, 1.165) is 35.4 Å². The number of nitrogens with zero attached hydrogens (tertiary/aromatic N) is 2. The second-order valence-corrected chi connectivity index (χ2v) is 8.89. The second kappa shape index (κ2) is 13.3. The molecule has 5 heteroatoms. The number of carbonyl (C=O) groups is 1. The van der Waals surface area contributed by atoms with Crippen molar-refractivity contribution < 1.29 is 14.6 Å². The number of hydrogen-bond donors (Lipinski definition) is 1. The summed E-state index contributed by atoms with van der Waals surface area (Å²) < 4.78 is 5.98. The number of benzene rings is 3. The monoisotopic (exact) mass is 484 g/mol. The SMILES string of the molecule is CCC(=C(c1ccc(O)cc1)c1ccc(OCCN(C)CC=CC(=O)N(C)C)cc1)c1ccccc1. The maximum Gasteiger partial charge on any atom is 0.245 e. The molecule has 5 nitrogen and oxygen atoms in total. The molecule has 0 bridgehead atoms. The van der Waals surface area contributed by atoms with Gasteiger partial charge in [0.25, 0.3) is 0 Å². The molecule has 0 spiro atoms. The molecule has 0 saturated carbocycles. The number of phenols is 1. The number of ether oxygens (including phenoxy) is 1. The molecule has 0 aromatic heterocycles. The average Bonchev–Trinajstić information content (AvgIpc) is 2.89. The van der Waals surface area contributed by atoms with Gasteiger partial charge in [-0.25, -0.2) is 0 Å². The lowest BCUT2D eigenvalue weighted by molar-refractivity contribution is -0.123. The maximum absolute atomic E-state index is 11.6. The molecule has 1 N–H and O–H groups in total. The molecule has 188 valence electrons. The zero-order chi connectivity index (χ0) is 25.9. The van der Waals surface area contributed by atoms with Crippen LogP contribution in [-0.2, 0) is 4.79 Å². The number of carbonyl (C=O) groups excluding carboxylic acids is 1. The standard InChI is InChI=1S/C31H36N2O3/c1-5-29(24-10-7-6-8-11-24)31(25-13-17-27(34)18-14-25)26-15-19-28(20-16-26)36-23-22-33(4)21-9-12-30(35)32(2)3/h6-20,34H,5,21-23H2,1-4H3. The van der Waals surface area contributed by atoms with Crippen molar-refractivity contribution in [1.29, 1.82) is 0 Å². The van der Waals surface area contributed by atoms with Crippen molar-refractivity contribution >= 4 is 17.1 Å². The Morgan fingerprint density at radius 2 is 1.47 bits per heavy atom. The fourth-order valence-electron chi connectivity index (χ4n) is 3.92. The van der Waals surface area contributed by atoms with Gasteiger partial charge in [-0.05, 0) is 65.6 Å². The Hall–Kier alpha value is -3.83. The summed E-state index contributed by atoms with van der Waals surface area (Å²) in [6.45, 7) is 4.15. The Labute approximate surface area is 214 Å². The zero-order valence-corrected chi connectivity index (χ0v) is 21.6. The summed E-state index contributed by atoms with van der Waals surface area (Å²) in [7, 11) is 5.48. The van der Waals surface area contributed by atoms with Crippen molar-refractivity contribution in [1.82, 2.24) is 9.80 Å². The first-order valence-corrected chi connectivity index (χ1v) is 12.3. The molecule has 0 aliphatic heterocycles. The van der Waals surface area contributed by atoms with Crippen LogP contribution in [0.5, 0.6) is 11.5 Å². The summed E-state index contributed by atoms with van der Waals surface area (Å²) in [4.78, 5) is 15.3. The zero-order valence-electron chi connectivity index (χ0n) is 21.6. The van der Waals surface area contributed by atoms with Crippen molar-refractivity contribution in [2.24, 2.45) is 0 Å². The minimum atomic E-state index is -0.0149. The molecule has 1 amide bonds. The van der Waals surface area contributed by atoms with Gasteiger partial charge in [-0.3, -0.25) is 9.69 Å². The van der Waals surface area contributed by atoms with Gasteiger partial charge in [0.2, 0.25) is 5.91 Å². The number of amides is 1. The Morgan fingerprint density at radius 3 is 2.06 bits per heavy atom. The summed E-state index contributed by atoms with van der Waals surface area (Å²) in [5, 5.41) is 9.82. The van der Waals surface area contributed by atoms with Crippen molar-refractivity contribution in [2.75, 3.05) is 40.8 Å². The van der Waals surface area contributed by atoms with Crippen LogP contribution in [0.3, 0.4) is 0 Å². The van der Waals surface area contributed by atoms with Crippen molar-refractivity contribution in [2.45, 2.75) is 13.3 Å². The van der Waals surface area contributed by atoms with Crippen LogP contribution in [0.15, 0.2) is 91.0 Å². The van der Waals surface area contributed by atoms with Crippen molar-refractivity contribution in [3.63, 3.8) is 0 Å². The molecule has 0 aliphatic rings. The van der Waals surface area contributed by atoms with E-state index < -0.39 is 0 Å². The van der Waals surface area contributed by atoms with Gasteiger partial charge >= 0.3 is 0 Å². The van der Waals surface area contributed by atoms with E-state index in [0.29, 0.717) is 13.2 Å². The van der Waals surface area contributed by atoms with Crippen LogP contribution in [-0.4, -0.2) is 61.7 Å². The molecular formula is C31H36N2O3. The molecular weight excluding hydrogens is 448 g/mol. The van der Waals surface area contributed by atoms with Gasteiger partial charge < -0.3 is 14.7 Å². The maximum atomic E-state index is 11.6. The first kappa shape index (κ1) is 26.8. The fraction of sp³-hybridized carbons (Fsp3) is 0.258. The van der Waals surface area contributed by atoms with Gasteiger partial charge in [-0.2, -0.15) is 0 Å². The average molecular weight is 485 g/mol. The highest BCUT2D eigenvalue weighted by atomic mass is 16.5. The van der Waals surface area contributed by atoms with E-state index in [1.54, 1.807) is 37.2 Å². The van der Waals surface area contributed by atoms with E-state index in [4.69, 9.17) is 4.74 Å². The van der Waals surface area contributed by atoms with Crippen LogP contribution in [0.25, 0.3) is 11.1 Å². The van der Waals surface area contributed by atoms with Crippen LogP contribution in [0, 0.1) is 0 Å². The van der Waals surface area contributed by atoms with Gasteiger partial charge in [-0.15, -0.1) is 0 Å². The van der Waals surface area contributed by atoms with Crippen LogP contribution in [0.2, 0.25) is 0 Å². The quantitative estimate of drug-likeness (QED) is 0.280. The number of phenolic OH excluding ortho intramolecular Hbond substituents is 1. The van der Waals surface area contributed by atoms with E-state index in [1.807, 2.05) is 43.5 Å². The van der Waals surface area contributed by atoms with Gasteiger partial charge in [0.1, 0.15) is 18.1 Å². The molecule has 3 aromatic rings. The fourth-order valence-corrected chi connectivity index (χ4v) is 3.92. The van der Waals surface area contributed by atoms with Gasteiger partial charge in [-0.1, -0.05) is 67.6 Å². The molecule has 3 rings (SSSR count). The number of hydrogen-bond acceptors (Lipinski definition) is 4. The minimum Gasteiger partial charge on any atom is -0.508 e. The molecule has 3 aromatic carbocycles. The summed E-state index contributed by atoms with van der Waals surface area (Å²) in [5.41, 5.74) is 5.74. The Kier molecular flexibility index (Phi) is 9.90. The summed E-state index contributed by atoms with van der Waals surface area (Å²) >= 11 is 0. The van der Waals surface area contributed by atoms with Crippen LogP contribution in [0.1, 0.15) is 30.0 Å². The van der Waals surface area contributed by atoms with E-state index in [1.165, 1.54) is 11.1 Å². The Bertz CT molecular complexity index is 1160. The molecule has 0 fully saturated rings. The molecule has 0 saturated heterocycles. The van der Waals surface area contributed by atoms with E-state index in [2.05, 4.69) is 48.2 Å². The predicted octanol–water partition coefficient (Wildman–Crippen LogP) is 5.72. The molecule has 0 aliphatic carbocycles. The molecule has 0 heterocycles. The van der Waals surface area contributed by atoms with Crippen LogP contribution >= 0.6 is 0 Å². The lowest BCUT2D eigenvalue weighted by atomic mass is 9.88. The third-order valence-electron chi connectivity index (χ3n) is 5.94. The smallest absolute Gasteiger partial charge is 0.245 e. The molecule has 0 atom stereocenters. The third-order valence-corrected chi connectivity index (χ3v) is 5.94. The topological polar surface area (TPSA) is 53.0 Å². The number of allylic oxidation sites excluding steroid dienone is 1. The largest absolute Gasteiger partial charge is 0.508 e. The number of likely N-dealkylation sites (N-methyl/N-ethyl adjacent to an activating group) is 2. The molecule has 0 unspecified atom stereocenters. The first-order chi connectivity index (χ1) is 17.4. The number of aromatic hydroxyl groups is 1. The Morgan fingerprint density at radius 1 is 0.861 bits per heavy atom. The molecule has 36 heavy (non-hydrogen) atoms. The van der Waals surface area contributed by atoms with Crippen molar-refractivity contribution in [3.8, 4) is 11.5 Å². The molecule has 0 radical (unpaired) electrons. The Balaban J connectivity index is 1.73. The highest BCUT2D eigenvalue weighted by Crippen LogP contribution is 2.35. The van der Waals surface area contributed by atoms with Crippen LogP contribution in [0.4, 0.5) is 0 Å². The van der Waals surface area contributed by atoms with Gasteiger partial charge in [0, 0.05) is 33.3 Å². The summed E-state index contributed by atoms with van der Waals surface area (Å²) in [6, 6.07) is 26.0.